The molecule has 3 N–H and O–H groups in total. The molecule has 1 aromatic heterocycles. The number of hydrogen-bond donors (Lipinski definition) is 3. The van der Waals surface area contributed by atoms with Gasteiger partial charge in [0.15, 0.2) is 0 Å². The third kappa shape index (κ3) is 4.80. The summed E-state index contributed by atoms with van der Waals surface area (Å²) in [5, 5.41) is 13.6. The van der Waals surface area contributed by atoms with E-state index in [0.717, 1.165) is 37.2 Å². The fourth-order valence-corrected chi connectivity index (χ4v) is 2.67. The van der Waals surface area contributed by atoms with Gasteiger partial charge in [-0.05, 0) is 46.2 Å². The normalized spacial score (nSPS) is 23.8. The van der Waals surface area contributed by atoms with Gasteiger partial charge < -0.3 is 10.6 Å². The van der Waals surface area contributed by atoms with E-state index >= 15 is 0 Å². The summed E-state index contributed by atoms with van der Waals surface area (Å²) >= 11 is 0. The highest BCUT2D eigenvalue weighted by molar-refractivity contribution is 5.85. The molecule has 1 unspecified atom stereocenters. The van der Waals surface area contributed by atoms with Gasteiger partial charge in [-0.3, -0.25) is 9.89 Å². The van der Waals surface area contributed by atoms with Crippen LogP contribution in [-0.2, 0) is 11.2 Å². The van der Waals surface area contributed by atoms with Crippen molar-refractivity contribution in [3.63, 3.8) is 0 Å². The number of hydrogen-bond acceptors (Lipinski definition) is 3. The number of aromatic nitrogens is 2. The van der Waals surface area contributed by atoms with Gasteiger partial charge >= 0.3 is 0 Å². The molecule has 114 valence electrons. The number of aryl methyl sites for hydroxylation is 1. The van der Waals surface area contributed by atoms with E-state index in [1.54, 1.807) is 0 Å². The Morgan fingerprint density at radius 3 is 2.95 bits per heavy atom. The van der Waals surface area contributed by atoms with Crippen LogP contribution in [0.4, 0.5) is 0 Å². The molecule has 6 heteroatoms. The molecule has 1 amide bonds. The zero-order valence-electron chi connectivity index (χ0n) is 12.4. The molecule has 1 aliphatic rings. The van der Waals surface area contributed by atoms with Gasteiger partial charge in [-0.25, -0.2) is 0 Å². The van der Waals surface area contributed by atoms with Crippen LogP contribution in [-0.4, -0.2) is 34.7 Å². The number of carbonyl (C=O) groups excluding carboxylic acids is 1. The van der Waals surface area contributed by atoms with E-state index in [0.29, 0.717) is 6.04 Å². The minimum Gasteiger partial charge on any atom is -0.353 e. The minimum absolute atomic E-state index is 0. The van der Waals surface area contributed by atoms with Crippen molar-refractivity contribution in [2.75, 3.05) is 6.54 Å². The Kier molecular flexibility index (Phi) is 6.49. The quantitative estimate of drug-likeness (QED) is 0.790. The lowest BCUT2D eigenvalue weighted by molar-refractivity contribution is -0.126. The first kappa shape index (κ1) is 17.0. The first-order valence-corrected chi connectivity index (χ1v) is 7.09. The highest BCUT2D eigenvalue weighted by atomic mass is 35.5. The molecule has 0 aliphatic carbocycles. The number of H-pyrrole nitrogens is 1. The van der Waals surface area contributed by atoms with Crippen molar-refractivity contribution in [3.8, 4) is 0 Å². The Morgan fingerprint density at radius 1 is 1.60 bits per heavy atom. The average Bonchev–Trinajstić information content (AvgIpc) is 2.74. The van der Waals surface area contributed by atoms with Crippen LogP contribution in [0.25, 0.3) is 0 Å². The third-order valence-electron chi connectivity index (χ3n) is 3.66. The van der Waals surface area contributed by atoms with Crippen LogP contribution >= 0.6 is 12.4 Å². The van der Waals surface area contributed by atoms with Crippen LogP contribution in [0.3, 0.4) is 0 Å². The Balaban J connectivity index is 0.00000200. The second-order valence-corrected chi connectivity index (χ2v) is 5.73. The van der Waals surface area contributed by atoms with E-state index < -0.39 is 0 Å². The van der Waals surface area contributed by atoms with Crippen LogP contribution in [0.5, 0.6) is 0 Å². The highest BCUT2D eigenvalue weighted by Crippen LogP contribution is 2.16. The number of nitrogens with one attached hydrogen (secondary N) is 3. The van der Waals surface area contributed by atoms with Crippen LogP contribution in [0.2, 0.25) is 0 Å². The summed E-state index contributed by atoms with van der Waals surface area (Å²) in [6.45, 7) is 7.09. The lowest BCUT2D eigenvalue weighted by Gasteiger charge is -2.28. The molecule has 2 heterocycles. The molecule has 20 heavy (non-hydrogen) atoms. The SMILES string of the molecule is Cc1cc(CC(C)NC(=O)[C@H]2CCN[C@@H](C)C2)n[nH]1.Cl. The van der Waals surface area contributed by atoms with Gasteiger partial charge in [0.2, 0.25) is 5.91 Å². The van der Waals surface area contributed by atoms with Gasteiger partial charge in [-0.15, -0.1) is 12.4 Å². The third-order valence-corrected chi connectivity index (χ3v) is 3.66. The zero-order valence-corrected chi connectivity index (χ0v) is 13.2. The summed E-state index contributed by atoms with van der Waals surface area (Å²) in [6.07, 6.45) is 2.64. The van der Waals surface area contributed by atoms with Crippen molar-refractivity contribution in [2.45, 2.75) is 52.1 Å². The predicted molar refractivity (Wildman–Crippen MR) is 82.1 cm³/mol. The molecule has 1 aromatic rings. The molecule has 2 rings (SSSR count). The maximum absolute atomic E-state index is 12.2. The smallest absolute Gasteiger partial charge is 0.223 e. The van der Waals surface area contributed by atoms with Crippen molar-refractivity contribution in [3.05, 3.63) is 17.5 Å². The van der Waals surface area contributed by atoms with Crippen molar-refractivity contribution >= 4 is 18.3 Å². The first-order valence-electron chi connectivity index (χ1n) is 7.09. The number of carbonyl (C=O) groups is 1. The zero-order chi connectivity index (χ0) is 13.8. The van der Waals surface area contributed by atoms with E-state index in [2.05, 4.69) is 27.8 Å². The Labute approximate surface area is 126 Å². The van der Waals surface area contributed by atoms with Gasteiger partial charge in [0.05, 0.1) is 5.69 Å². The van der Waals surface area contributed by atoms with Crippen LogP contribution in [0.1, 0.15) is 38.1 Å². The van der Waals surface area contributed by atoms with Gasteiger partial charge in [-0.2, -0.15) is 5.10 Å². The topological polar surface area (TPSA) is 69.8 Å². The second-order valence-electron chi connectivity index (χ2n) is 5.73. The Morgan fingerprint density at radius 2 is 2.35 bits per heavy atom. The summed E-state index contributed by atoms with van der Waals surface area (Å²) in [5.74, 6) is 0.340. The van der Waals surface area contributed by atoms with E-state index in [-0.39, 0.29) is 30.3 Å². The van der Waals surface area contributed by atoms with Gasteiger partial charge in [0.1, 0.15) is 0 Å². The molecular weight excluding hydrogens is 276 g/mol. The number of piperidine rings is 1. The Hall–Kier alpha value is -1.07. The second kappa shape index (κ2) is 7.64. The fraction of sp³-hybridized carbons (Fsp3) is 0.714. The molecular formula is C14H25ClN4O. The monoisotopic (exact) mass is 300 g/mol. The number of nitrogens with zero attached hydrogens (tertiary/aromatic N) is 1. The van der Waals surface area contributed by atoms with E-state index in [1.807, 2.05) is 19.9 Å². The fourth-order valence-electron chi connectivity index (χ4n) is 2.67. The molecule has 0 bridgehead atoms. The lowest BCUT2D eigenvalue weighted by atomic mass is 9.92. The Bertz CT molecular complexity index is 435. The number of halogens is 1. The summed E-state index contributed by atoms with van der Waals surface area (Å²) < 4.78 is 0. The van der Waals surface area contributed by atoms with Crippen molar-refractivity contribution in [2.24, 2.45) is 5.92 Å². The average molecular weight is 301 g/mol. The number of rotatable bonds is 4. The molecule has 1 fully saturated rings. The summed E-state index contributed by atoms with van der Waals surface area (Å²) in [6, 6.07) is 2.59. The van der Waals surface area contributed by atoms with Crippen molar-refractivity contribution in [1.29, 1.82) is 0 Å². The molecule has 0 aromatic carbocycles. The van der Waals surface area contributed by atoms with Gasteiger partial charge in [0, 0.05) is 30.1 Å². The van der Waals surface area contributed by atoms with Crippen LogP contribution in [0, 0.1) is 12.8 Å². The molecule has 0 saturated carbocycles. The molecule has 0 spiro atoms. The maximum atomic E-state index is 12.2. The first-order chi connectivity index (χ1) is 9.04. The van der Waals surface area contributed by atoms with Crippen LogP contribution in [0.15, 0.2) is 6.07 Å². The largest absolute Gasteiger partial charge is 0.353 e. The minimum atomic E-state index is 0. The van der Waals surface area contributed by atoms with E-state index in [1.165, 1.54) is 0 Å². The summed E-state index contributed by atoms with van der Waals surface area (Å²) in [5.41, 5.74) is 2.06. The van der Waals surface area contributed by atoms with Crippen molar-refractivity contribution in [1.82, 2.24) is 20.8 Å². The summed E-state index contributed by atoms with van der Waals surface area (Å²) in [7, 11) is 0. The number of aromatic amines is 1. The summed E-state index contributed by atoms with van der Waals surface area (Å²) in [4.78, 5) is 12.2. The predicted octanol–water partition coefficient (Wildman–Crippen LogP) is 1.58. The maximum Gasteiger partial charge on any atom is 0.223 e. The lowest BCUT2D eigenvalue weighted by Crippen LogP contribution is -2.45. The van der Waals surface area contributed by atoms with Gasteiger partial charge in [0.25, 0.3) is 0 Å². The van der Waals surface area contributed by atoms with Crippen molar-refractivity contribution < 1.29 is 4.79 Å². The number of amides is 1. The molecule has 1 aliphatic heterocycles. The molecule has 5 nitrogen and oxygen atoms in total. The standard InChI is InChI=1S/C14H24N4O.ClH/c1-9-6-12(4-5-15-9)14(19)16-10(2)7-13-8-11(3)17-18-13;/h8-10,12,15H,4-7H2,1-3H3,(H,16,19)(H,17,18);1H/t9-,10?,12-;/m0./s1. The van der Waals surface area contributed by atoms with Crippen LogP contribution < -0.4 is 10.6 Å². The molecule has 0 radical (unpaired) electrons. The molecule has 3 atom stereocenters. The molecule has 1 saturated heterocycles. The van der Waals surface area contributed by atoms with Gasteiger partial charge in [-0.1, -0.05) is 0 Å². The highest BCUT2D eigenvalue weighted by Gasteiger charge is 2.25. The van der Waals surface area contributed by atoms with E-state index in [4.69, 9.17) is 0 Å². The van der Waals surface area contributed by atoms with E-state index in [9.17, 15) is 4.79 Å².